The molecule has 3 aromatic carbocycles. The van der Waals surface area contributed by atoms with Crippen LogP contribution in [0.2, 0.25) is 0 Å². The van der Waals surface area contributed by atoms with Crippen molar-refractivity contribution in [3.63, 3.8) is 0 Å². The fraction of sp³-hybridized carbons (Fsp3) is 0.0667. The number of ether oxygens (including phenoxy) is 1. The predicted molar refractivity (Wildman–Crippen MR) is 69.0 cm³/mol. The number of benzene rings is 3. The van der Waals surface area contributed by atoms with Crippen LogP contribution in [0.4, 0.5) is 0 Å². The molecule has 0 radical (unpaired) electrons. The van der Waals surface area contributed by atoms with Gasteiger partial charge in [-0.15, -0.1) is 0 Å². The molecule has 4 aromatic rings. The van der Waals surface area contributed by atoms with E-state index in [-0.39, 0.29) is 0 Å². The van der Waals surface area contributed by atoms with Crippen LogP contribution in [0, 0.1) is 0 Å². The van der Waals surface area contributed by atoms with Gasteiger partial charge in [-0.1, -0.05) is 30.3 Å². The first-order chi connectivity index (χ1) is 8.38. The first-order valence-corrected chi connectivity index (χ1v) is 5.59. The number of methoxy groups -OCH3 is 1. The Hall–Kier alpha value is -2.22. The van der Waals surface area contributed by atoms with Crippen LogP contribution in [0.5, 0.6) is 5.75 Å². The minimum Gasteiger partial charge on any atom is -0.493 e. The van der Waals surface area contributed by atoms with Crippen molar-refractivity contribution in [2.75, 3.05) is 7.11 Å². The third kappa shape index (κ3) is 0.998. The van der Waals surface area contributed by atoms with Gasteiger partial charge in [-0.2, -0.15) is 0 Å². The first kappa shape index (κ1) is 8.88. The van der Waals surface area contributed by atoms with Crippen LogP contribution in [-0.4, -0.2) is 7.11 Å². The fourth-order valence-electron chi connectivity index (χ4n) is 2.57. The molecule has 1 aromatic heterocycles. The van der Waals surface area contributed by atoms with Crippen LogP contribution in [0.1, 0.15) is 0 Å². The zero-order valence-corrected chi connectivity index (χ0v) is 9.36. The van der Waals surface area contributed by atoms with Gasteiger partial charge in [-0.3, -0.25) is 0 Å². The van der Waals surface area contributed by atoms with Gasteiger partial charge in [0.2, 0.25) is 0 Å². The summed E-state index contributed by atoms with van der Waals surface area (Å²) >= 11 is 0. The molecule has 0 unspecified atom stereocenters. The maximum Gasteiger partial charge on any atom is 0.177 e. The number of hydrogen-bond donors (Lipinski definition) is 0. The highest BCUT2D eigenvalue weighted by Gasteiger charge is 2.15. The van der Waals surface area contributed by atoms with Crippen LogP contribution in [-0.2, 0) is 0 Å². The third-order valence-corrected chi connectivity index (χ3v) is 3.34. The second kappa shape index (κ2) is 2.92. The SMILES string of the molecule is COc1ccc2ccc3cccc4oc1c2c34. The molecule has 1 heterocycles. The molecule has 0 aliphatic rings. The average molecular weight is 222 g/mol. The normalized spacial score (nSPS) is 11.8. The summed E-state index contributed by atoms with van der Waals surface area (Å²) in [7, 11) is 1.67. The molecule has 17 heavy (non-hydrogen) atoms. The minimum absolute atomic E-state index is 0.793. The lowest BCUT2D eigenvalue weighted by Crippen LogP contribution is -1.83. The smallest absolute Gasteiger partial charge is 0.177 e. The molecule has 0 amide bonds. The van der Waals surface area contributed by atoms with Crippen LogP contribution < -0.4 is 4.74 Å². The lowest BCUT2D eigenvalue weighted by Gasteiger charge is -2.03. The van der Waals surface area contributed by atoms with Crippen LogP contribution >= 0.6 is 0 Å². The second-order valence-corrected chi connectivity index (χ2v) is 4.22. The van der Waals surface area contributed by atoms with Gasteiger partial charge < -0.3 is 9.15 Å². The molecule has 0 bridgehead atoms. The van der Waals surface area contributed by atoms with E-state index in [4.69, 9.17) is 9.15 Å². The van der Waals surface area contributed by atoms with Crippen molar-refractivity contribution in [1.82, 2.24) is 0 Å². The Bertz CT molecular complexity index is 826. The number of furan rings is 1. The maximum absolute atomic E-state index is 5.91. The third-order valence-electron chi connectivity index (χ3n) is 3.34. The maximum atomic E-state index is 5.91. The highest BCUT2D eigenvalue weighted by molar-refractivity contribution is 6.22. The summed E-state index contributed by atoms with van der Waals surface area (Å²) in [6, 6.07) is 14.4. The van der Waals surface area contributed by atoms with Gasteiger partial charge in [0, 0.05) is 10.8 Å². The summed E-state index contributed by atoms with van der Waals surface area (Å²) < 4.78 is 11.3. The van der Waals surface area contributed by atoms with Crippen LogP contribution in [0.3, 0.4) is 0 Å². The molecular weight excluding hydrogens is 212 g/mol. The number of hydrogen-bond acceptors (Lipinski definition) is 2. The molecule has 0 spiro atoms. The van der Waals surface area contributed by atoms with Crippen molar-refractivity contribution in [2.45, 2.75) is 0 Å². The van der Waals surface area contributed by atoms with E-state index in [1.165, 1.54) is 16.2 Å². The van der Waals surface area contributed by atoms with E-state index in [9.17, 15) is 0 Å². The lowest BCUT2D eigenvalue weighted by molar-refractivity contribution is 0.412. The zero-order valence-electron chi connectivity index (χ0n) is 9.36. The Morgan fingerprint density at radius 2 is 1.65 bits per heavy atom. The predicted octanol–water partition coefficient (Wildman–Crippen LogP) is 4.19. The first-order valence-electron chi connectivity index (χ1n) is 5.59. The van der Waals surface area contributed by atoms with Gasteiger partial charge in [-0.25, -0.2) is 0 Å². The largest absolute Gasteiger partial charge is 0.493 e. The Morgan fingerprint density at radius 3 is 2.47 bits per heavy atom. The van der Waals surface area contributed by atoms with E-state index in [0.29, 0.717) is 0 Å². The summed E-state index contributed by atoms with van der Waals surface area (Å²) in [4.78, 5) is 0. The summed E-state index contributed by atoms with van der Waals surface area (Å²) in [5.74, 6) is 0.793. The van der Waals surface area contributed by atoms with E-state index in [1.54, 1.807) is 7.11 Å². The Balaban J connectivity index is 2.41. The summed E-state index contributed by atoms with van der Waals surface area (Å²) in [6.07, 6.45) is 0. The minimum atomic E-state index is 0.793. The van der Waals surface area contributed by atoms with E-state index >= 15 is 0 Å². The molecule has 2 nitrogen and oxygen atoms in total. The standard InChI is InChI=1S/C15H10O2/c1-16-12-8-7-10-6-5-9-3-2-4-11-13(9)14(10)15(12)17-11/h2-8H,1H3. The van der Waals surface area contributed by atoms with E-state index in [0.717, 1.165) is 22.3 Å². The summed E-state index contributed by atoms with van der Waals surface area (Å²) in [5, 5.41) is 4.76. The van der Waals surface area contributed by atoms with Crippen molar-refractivity contribution in [2.24, 2.45) is 0 Å². The quantitative estimate of drug-likeness (QED) is 0.451. The molecule has 0 atom stereocenters. The fourth-order valence-corrected chi connectivity index (χ4v) is 2.57. The van der Waals surface area contributed by atoms with Gasteiger partial charge in [0.15, 0.2) is 11.3 Å². The molecule has 0 fully saturated rings. The van der Waals surface area contributed by atoms with E-state index in [1.807, 2.05) is 18.2 Å². The molecule has 82 valence electrons. The molecule has 0 saturated carbocycles. The lowest BCUT2D eigenvalue weighted by atomic mass is 10.0. The van der Waals surface area contributed by atoms with Gasteiger partial charge in [0.05, 0.1) is 7.11 Å². The summed E-state index contributed by atoms with van der Waals surface area (Å²) in [6.45, 7) is 0. The second-order valence-electron chi connectivity index (χ2n) is 4.22. The van der Waals surface area contributed by atoms with Gasteiger partial charge in [-0.05, 0) is 22.9 Å². The van der Waals surface area contributed by atoms with Gasteiger partial charge in [0.1, 0.15) is 5.58 Å². The monoisotopic (exact) mass is 222 g/mol. The Labute approximate surface area is 97.7 Å². The molecular formula is C15H10O2. The Kier molecular flexibility index (Phi) is 1.52. The van der Waals surface area contributed by atoms with Crippen LogP contribution in [0.25, 0.3) is 32.7 Å². The molecule has 4 rings (SSSR count). The zero-order chi connectivity index (χ0) is 11.4. The summed E-state index contributed by atoms with van der Waals surface area (Å²) in [5.41, 5.74) is 1.77. The molecule has 0 aliphatic heterocycles. The molecule has 0 aliphatic carbocycles. The van der Waals surface area contributed by atoms with Crippen molar-refractivity contribution in [1.29, 1.82) is 0 Å². The highest BCUT2D eigenvalue weighted by Crippen LogP contribution is 2.40. The van der Waals surface area contributed by atoms with Crippen LogP contribution in [0.15, 0.2) is 46.9 Å². The van der Waals surface area contributed by atoms with Crippen molar-refractivity contribution >= 4 is 32.7 Å². The molecule has 2 heteroatoms. The van der Waals surface area contributed by atoms with Gasteiger partial charge >= 0.3 is 0 Å². The molecule has 0 N–H and O–H groups in total. The van der Waals surface area contributed by atoms with Gasteiger partial charge in [0.25, 0.3) is 0 Å². The number of rotatable bonds is 1. The molecule has 0 saturated heterocycles. The van der Waals surface area contributed by atoms with Crippen molar-refractivity contribution < 1.29 is 9.15 Å². The Morgan fingerprint density at radius 1 is 0.882 bits per heavy atom. The van der Waals surface area contributed by atoms with Crippen molar-refractivity contribution in [3.05, 3.63) is 42.5 Å². The highest BCUT2D eigenvalue weighted by atomic mass is 16.5. The van der Waals surface area contributed by atoms with E-state index < -0.39 is 0 Å². The average Bonchev–Trinajstić information content (AvgIpc) is 2.77. The van der Waals surface area contributed by atoms with Crippen molar-refractivity contribution in [3.8, 4) is 5.75 Å². The topological polar surface area (TPSA) is 22.4 Å². The van der Waals surface area contributed by atoms with E-state index in [2.05, 4.69) is 24.3 Å².